The number of fused-ring (bicyclic) bond motifs is 3. The van der Waals surface area contributed by atoms with Gasteiger partial charge in [-0.2, -0.15) is 13.2 Å². The molecule has 0 spiro atoms. The third-order valence-corrected chi connectivity index (χ3v) is 8.73. The number of halogens is 3. The van der Waals surface area contributed by atoms with Crippen molar-refractivity contribution in [3.63, 3.8) is 0 Å². The summed E-state index contributed by atoms with van der Waals surface area (Å²) >= 11 is 0. The van der Waals surface area contributed by atoms with Gasteiger partial charge in [-0.05, 0) is 95.1 Å². The minimum Gasteiger partial charge on any atom is -0.310 e. The van der Waals surface area contributed by atoms with Gasteiger partial charge >= 0.3 is 6.18 Å². The van der Waals surface area contributed by atoms with Gasteiger partial charge in [-0.25, -0.2) is 0 Å². The highest BCUT2D eigenvalue weighted by molar-refractivity contribution is 6.10. The van der Waals surface area contributed by atoms with Crippen molar-refractivity contribution in [2.45, 2.75) is 6.18 Å². The second kappa shape index (κ2) is 11.9. The Bertz CT molecular complexity index is 2310. The Hall–Kier alpha value is -6.14. The molecule has 6 aromatic carbocycles. The summed E-state index contributed by atoms with van der Waals surface area (Å²) < 4.78 is 41.2. The molecular formula is C42H28F3N3. The Labute approximate surface area is 275 Å². The van der Waals surface area contributed by atoms with Crippen molar-refractivity contribution in [2.75, 3.05) is 4.90 Å². The first-order valence-electron chi connectivity index (χ1n) is 15.6. The lowest BCUT2D eigenvalue weighted by atomic mass is 9.99. The van der Waals surface area contributed by atoms with Crippen molar-refractivity contribution in [3.05, 3.63) is 176 Å². The molecule has 2 heterocycles. The number of nitrogens with zero attached hydrogens (tertiary/aromatic N) is 3. The average Bonchev–Trinajstić information content (AvgIpc) is 3.46. The summed E-state index contributed by atoms with van der Waals surface area (Å²) in [5.74, 6) is 0. The highest BCUT2D eigenvalue weighted by Crippen LogP contribution is 2.39. The second-order valence-corrected chi connectivity index (χ2v) is 11.6. The van der Waals surface area contributed by atoms with Gasteiger partial charge in [0.25, 0.3) is 0 Å². The number of pyridine rings is 1. The fourth-order valence-electron chi connectivity index (χ4n) is 6.38. The van der Waals surface area contributed by atoms with Gasteiger partial charge in [-0.15, -0.1) is 0 Å². The lowest BCUT2D eigenvalue weighted by Crippen LogP contribution is -2.09. The Morgan fingerprint density at radius 2 is 0.979 bits per heavy atom. The maximum Gasteiger partial charge on any atom is 0.416 e. The molecule has 2 aromatic heterocycles. The third kappa shape index (κ3) is 5.37. The van der Waals surface area contributed by atoms with Crippen molar-refractivity contribution in [1.82, 2.24) is 9.55 Å². The minimum absolute atomic E-state index is 0.649. The lowest BCUT2D eigenvalue weighted by Gasteiger charge is -2.25. The van der Waals surface area contributed by atoms with Crippen LogP contribution in [0.15, 0.2) is 170 Å². The summed E-state index contributed by atoms with van der Waals surface area (Å²) in [6.45, 7) is 0. The summed E-state index contributed by atoms with van der Waals surface area (Å²) in [4.78, 5) is 6.74. The third-order valence-electron chi connectivity index (χ3n) is 8.73. The maximum atomic E-state index is 13.0. The molecular weight excluding hydrogens is 603 g/mol. The molecule has 8 rings (SSSR count). The first-order valence-corrected chi connectivity index (χ1v) is 15.6. The first-order chi connectivity index (χ1) is 23.4. The number of hydrogen-bond acceptors (Lipinski definition) is 2. The molecule has 6 heteroatoms. The fraction of sp³-hybridized carbons (Fsp3) is 0.0238. The van der Waals surface area contributed by atoms with E-state index in [4.69, 9.17) is 0 Å². The van der Waals surface area contributed by atoms with E-state index in [1.165, 1.54) is 12.1 Å². The van der Waals surface area contributed by atoms with Crippen LogP contribution in [0.2, 0.25) is 0 Å². The number of anilines is 3. The largest absolute Gasteiger partial charge is 0.416 e. The van der Waals surface area contributed by atoms with Gasteiger partial charge in [0.05, 0.1) is 16.6 Å². The molecule has 0 atom stereocenters. The smallest absolute Gasteiger partial charge is 0.310 e. The van der Waals surface area contributed by atoms with Crippen molar-refractivity contribution < 1.29 is 13.2 Å². The van der Waals surface area contributed by atoms with Gasteiger partial charge in [-0.3, -0.25) is 4.98 Å². The molecule has 0 aliphatic rings. The summed E-state index contributed by atoms with van der Waals surface area (Å²) in [5.41, 5.74) is 9.40. The monoisotopic (exact) mass is 631 g/mol. The summed E-state index contributed by atoms with van der Waals surface area (Å²) in [6, 6.07) is 50.9. The van der Waals surface area contributed by atoms with E-state index in [-0.39, 0.29) is 0 Å². The number of para-hydroxylation sites is 2. The van der Waals surface area contributed by atoms with Gasteiger partial charge in [-0.1, -0.05) is 84.9 Å². The molecule has 0 saturated heterocycles. The van der Waals surface area contributed by atoms with E-state index in [9.17, 15) is 13.2 Å². The van der Waals surface area contributed by atoms with Crippen LogP contribution in [0.1, 0.15) is 5.56 Å². The first kappa shape index (κ1) is 29.3. The minimum atomic E-state index is -4.35. The van der Waals surface area contributed by atoms with E-state index in [1.54, 1.807) is 0 Å². The summed E-state index contributed by atoms with van der Waals surface area (Å²) in [6.07, 6.45) is -0.592. The predicted molar refractivity (Wildman–Crippen MR) is 189 cm³/mol. The Morgan fingerprint density at radius 1 is 0.479 bits per heavy atom. The van der Waals surface area contributed by atoms with Crippen LogP contribution in [-0.4, -0.2) is 9.55 Å². The highest BCUT2D eigenvalue weighted by Gasteiger charge is 2.30. The average molecular weight is 632 g/mol. The topological polar surface area (TPSA) is 21.1 Å². The Morgan fingerprint density at radius 3 is 1.52 bits per heavy atom. The van der Waals surface area contributed by atoms with Crippen LogP contribution < -0.4 is 4.90 Å². The SMILES string of the molecule is FC(F)(F)c1ccc(-c2ccc(-c3ccc(-n4c5ccncc5c5cc(N(c6ccccc6)c6ccccc6)ccc54)cc3)cc2)cc1. The quantitative estimate of drug-likeness (QED) is 0.182. The molecule has 0 N–H and O–H groups in total. The number of rotatable bonds is 6. The predicted octanol–water partition coefficient (Wildman–Crippen LogP) is 12.0. The van der Waals surface area contributed by atoms with Gasteiger partial charge in [0.15, 0.2) is 0 Å². The van der Waals surface area contributed by atoms with Crippen LogP contribution in [0.25, 0.3) is 49.7 Å². The van der Waals surface area contributed by atoms with E-state index in [0.29, 0.717) is 0 Å². The molecule has 0 saturated carbocycles. The van der Waals surface area contributed by atoms with Gasteiger partial charge in [0.2, 0.25) is 0 Å². The zero-order valence-electron chi connectivity index (χ0n) is 25.6. The van der Waals surface area contributed by atoms with E-state index in [2.05, 4.69) is 112 Å². The molecule has 0 aliphatic carbocycles. The highest BCUT2D eigenvalue weighted by atomic mass is 19.4. The molecule has 0 unspecified atom stereocenters. The maximum absolute atomic E-state index is 13.0. The molecule has 48 heavy (non-hydrogen) atoms. The van der Waals surface area contributed by atoms with Crippen LogP contribution in [0.4, 0.5) is 30.2 Å². The second-order valence-electron chi connectivity index (χ2n) is 11.6. The molecule has 232 valence electrons. The molecule has 0 bridgehead atoms. The van der Waals surface area contributed by atoms with E-state index < -0.39 is 11.7 Å². The normalized spacial score (nSPS) is 11.6. The molecule has 0 radical (unpaired) electrons. The number of benzene rings is 6. The standard InChI is InChI=1S/C42H28F3N3/c43-42(44,45)33-19-15-31(16-20-33)29-11-13-30(14-12-29)32-17-21-36(22-18-32)48-40-24-23-37(27-38(40)39-28-46-26-25-41(39)48)47(34-7-3-1-4-8-34)35-9-5-2-6-10-35/h1-28H. The van der Waals surface area contributed by atoms with Crippen LogP contribution in [-0.2, 0) is 6.18 Å². The van der Waals surface area contributed by atoms with E-state index in [1.807, 2.05) is 48.8 Å². The van der Waals surface area contributed by atoms with Crippen molar-refractivity contribution in [1.29, 1.82) is 0 Å². The van der Waals surface area contributed by atoms with E-state index >= 15 is 0 Å². The number of hydrogen-bond donors (Lipinski definition) is 0. The number of alkyl halides is 3. The van der Waals surface area contributed by atoms with Gasteiger partial charge < -0.3 is 9.47 Å². The van der Waals surface area contributed by atoms with Crippen molar-refractivity contribution in [3.8, 4) is 27.9 Å². The zero-order valence-corrected chi connectivity index (χ0v) is 25.6. The molecule has 3 nitrogen and oxygen atoms in total. The lowest BCUT2D eigenvalue weighted by molar-refractivity contribution is -0.137. The van der Waals surface area contributed by atoms with E-state index in [0.717, 1.165) is 78.9 Å². The Balaban J connectivity index is 1.14. The fourth-order valence-corrected chi connectivity index (χ4v) is 6.38. The van der Waals surface area contributed by atoms with Gasteiger partial charge in [0.1, 0.15) is 0 Å². The zero-order chi connectivity index (χ0) is 32.7. The van der Waals surface area contributed by atoms with Crippen molar-refractivity contribution >= 4 is 38.9 Å². The van der Waals surface area contributed by atoms with Crippen LogP contribution in [0, 0.1) is 0 Å². The van der Waals surface area contributed by atoms with Gasteiger partial charge in [0, 0.05) is 45.9 Å². The molecule has 0 aliphatic heterocycles. The molecule has 0 amide bonds. The summed E-state index contributed by atoms with van der Waals surface area (Å²) in [7, 11) is 0. The van der Waals surface area contributed by atoms with Crippen LogP contribution in [0.3, 0.4) is 0 Å². The Kier molecular flexibility index (Phi) is 7.26. The van der Waals surface area contributed by atoms with Crippen LogP contribution >= 0.6 is 0 Å². The number of aromatic nitrogens is 2. The molecule has 0 fully saturated rings. The molecule has 8 aromatic rings. The van der Waals surface area contributed by atoms with Crippen molar-refractivity contribution in [2.24, 2.45) is 0 Å². The van der Waals surface area contributed by atoms with Crippen LogP contribution in [0.5, 0.6) is 0 Å². The summed E-state index contributed by atoms with van der Waals surface area (Å²) in [5, 5.41) is 2.17.